The van der Waals surface area contributed by atoms with Gasteiger partial charge >= 0.3 is 29.2 Å². The monoisotopic (exact) mass is 592 g/mol. The summed E-state index contributed by atoms with van der Waals surface area (Å²) in [6.45, 7) is -0.510. The molecular weight excluding hydrogens is 565 g/mol. The van der Waals surface area contributed by atoms with E-state index in [9.17, 15) is 20.1 Å². The van der Waals surface area contributed by atoms with Gasteiger partial charge in [0.1, 0.15) is 24.1 Å². The Hall–Kier alpha value is -1.61. The quantitative estimate of drug-likeness (QED) is 0.145. The zero-order chi connectivity index (χ0) is 29.1. The van der Waals surface area contributed by atoms with Crippen molar-refractivity contribution >= 4 is 29.3 Å². The largest absolute Gasteiger partial charge is 0.466 e. The van der Waals surface area contributed by atoms with Crippen LogP contribution in [0.25, 0.3) is 0 Å². The smallest absolute Gasteiger partial charge is 0.405 e. The Kier molecular flexibility index (Phi) is 15.2. The number of anilines is 1. The van der Waals surface area contributed by atoms with E-state index in [0.717, 1.165) is 4.57 Å². The van der Waals surface area contributed by atoms with Crippen molar-refractivity contribution < 1.29 is 77.8 Å². The van der Waals surface area contributed by atoms with E-state index in [1.54, 1.807) is 0 Å². The van der Waals surface area contributed by atoms with Crippen LogP contribution in [0.2, 0.25) is 0 Å². The molecule has 0 aromatic carbocycles. The number of rotatable bonds is 4. The summed E-state index contributed by atoms with van der Waals surface area (Å²) in [6.07, 6.45) is 0.175. The first-order valence-electron chi connectivity index (χ1n) is 8.68. The number of aliphatic hydroxyl groups excluding tert-OH is 3. The molecule has 0 saturated carbocycles. The Morgan fingerprint density at radius 3 is 1.72 bits per heavy atom. The highest BCUT2D eigenvalue weighted by Crippen LogP contribution is 2.38. The second-order valence-corrected chi connectivity index (χ2v) is 9.38. The third-order valence-electron chi connectivity index (χ3n) is 3.48. The Morgan fingerprint density at radius 2 is 1.42 bits per heavy atom. The zero-order valence-corrected chi connectivity index (χ0v) is 20.4. The van der Waals surface area contributed by atoms with Gasteiger partial charge in [-0.2, -0.15) is 4.98 Å². The van der Waals surface area contributed by atoms with Crippen LogP contribution in [-0.4, -0.2) is 93.8 Å². The average molecular weight is 592 g/mol. The first-order valence-corrected chi connectivity index (χ1v) is 13.4. The van der Waals surface area contributed by atoms with Crippen molar-refractivity contribution in [3.8, 4) is 0 Å². The highest BCUT2D eigenvalue weighted by molar-refractivity contribution is 7.45. The van der Waals surface area contributed by atoms with Crippen molar-refractivity contribution in [3.05, 3.63) is 35.0 Å². The SMILES string of the molecule is N/C=C/C[C@@]1(n2ccc(N)nc2=O)O[C@H](CO)[C@@H](O)[C@H]1O.O=P(O)(O)O.O=P(O)(O)O.O=P(O)(O)O. The van der Waals surface area contributed by atoms with Crippen LogP contribution in [-0.2, 0) is 24.2 Å². The number of aliphatic hydroxyl groups is 3. The molecule has 36 heavy (non-hydrogen) atoms. The van der Waals surface area contributed by atoms with Gasteiger partial charge in [0.2, 0.25) is 0 Å². The van der Waals surface area contributed by atoms with Gasteiger partial charge in [0.05, 0.1) is 6.61 Å². The molecule has 21 nitrogen and oxygen atoms in total. The van der Waals surface area contributed by atoms with Crippen LogP contribution in [0.3, 0.4) is 0 Å². The fourth-order valence-electron chi connectivity index (χ4n) is 2.42. The van der Waals surface area contributed by atoms with Crippen LogP contribution in [0.15, 0.2) is 29.3 Å². The van der Waals surface area contributed by atoms with Crippen LogP contribution in [0.4, 0.5) is 5.82 Å². The topological polar surface area (TPSA) is 390 Å². The predicted molar refractivity (Wildman–Crippen MR) is 116 cm³/mol. The number of hydrogen-bond donors (Lipinski definition) is 14. The molecule has 0 amide bonds. The number of phosphoric acid groups is 3. The lowest BCUT2D eigenvalue weighted by atomic mass is 9.99. The molecular formula is C12H27N4O17P3. The summed E-state index contributed by atoms with van der Waals surface area (Å²) in [4.78, 5) is 80.3. The molecule has 0 aliphatic carbocycles. The third-order valence-corrected chi connectivity index (χ3v) is 3.48. The Morgan fingerprint density at radius 1 is 1.00 bits per heavy atom. The first kappa shape index (κ1) is 36.5. The van der Waals surface area contributed by atoms with E-state index in [1.165, 1.54) is 24.5 Å². The third kappa shape index (κ3) is 17.0. The summed E-state index contributed by atoms with van der Waals surface area (Å²) >= 11 is 0. The number of nitrogens with zero attached hydrogens (tertiary/aromatic N) is 2. The lowest BCUT2D eigenvalue weighted by Crippen LogP contribution is -2.50. The molecule has 1 fully saturated rings. The Balaban J connectivity index is 0. The van der Waals surface area contributed by atoms with E-state index in [0.29, 0.717) is 0 Å². The molecule has 0 bridgehead atoms. The molecule has 0 unspecified atom stereocenters. The van der Waals surface area contributed by atoms with Crippen molar-refractivity contribution in [2.45, 2.75) is 30.5 Å². The highest BCUT2D eigenvalue weighted by atomic mass is 31.2. The van der Waals surface area contributed by atoms with Crippen LogP contribution >= 0.6 is 23.5 Å². The minimum atomic E-state index is -4.64. The van der Waals surface area contributed by atoms with Gasteiger partial charge in [-0.1, -0.05) is 6.08 Å². The molecule has 0 spiro atoms. The van der Waals surface area contributed by atoms with Gasteiger partial charge < -0.3 is 75.6 Å². The van der Waals surface area contributed by atoms with Crippen molar-refractivity contribution in [2.24, 2.45) is 5.73 Å². The fraction of sp³-hybridized carbons (Fsp3) is 0.500. The molecule has 1 saturated heterocycles. The summed E-state index contributed by atoms with van der Waals surface area (Å²) in [7, 11) is -13.9. The van der Waals surface area contributed by atoms with Crippen molar-refractivity contribution in [2.75, 3.05) is 12.3 Å². The van der Waals surface area contributed by atoms with Crippen molar-refractivity contribution in [1.29, 1.82) is 0 Å². The Labute approximate surface area is 200 Å². The van der Waals surface area contributed by atoms with Crippen LogP contribution in [0.1, 0.15) is 6.42 Å². The van der Waals surface area contributed by atoms with E-state index < -0.39 is 59.8 Å². The molecule has 1 aliphatic rings. The molecule has 2 heterocycles. The van der Waals surface area contributed by atoms with Gasteiger partial charge in [0.25, 0.3) is 0 Å². The molecule has 24 heteroatoms. The minimum absolute atomic E-state index is 0.00370. The van der Waals surface area contributed by atoms with Gasteiger partial charge in [-0.15, -0.1) is 0 Å². The molecule has 1 aromatic heterocycles. The van der Waals surface area contributed by atoms with E-state index in [2.05, 4.69) is 4.98 Å². The van der Waals surface area contributed by atoms with E-state index in [-0.39, 0.29) is 12.2 Å². The van der Waals surface area contributed by atoms with Gasteiger partial charge in [0.15, 0.2) is 5.72 Å². The van der Waals surface area contributed by atoms with E-state index >= 15 is 0 Å². The maximum Gasteiger partial charge on any atom is 0.466 e. The summed E-state index contributed by atoms with van der Waals surface area (Å²) in [6, 6.07) is 1.37. The molecule has 16 N–H and O–H groups in total. The van der Waals surface area contributed by atoms with Gasteiger partial charge in [-0.05, 0) is 12.3 Å². The molecule has 1 aromatic rings. The van der Waals surface area contributed by atoms with E-state index in [4.69, 9.17) is 73.9 Å². The number of aromatic nitrogens is 2. The lowest BCUT2D eigenvalue weighted by Gasteiger charge is -2.32. The van der Waals surface area contributed by atoms with Crippen LogP contribution in [0.5, 0.6) is 0 Å². The summed E-state index contributed by atoms with van der Waals surface area (Å²) < 4.78 is 33.2. The summed E-state index contributed by atoms with van der Waals surface area (Å²) in [5.41, 5.74) is 8.38. The fourth-order valence-corrected chi connectivity index (χ4v) is 2.42. The lowest BCUT2D eigenvalue weighted by molar-refractivity contribution is -0.148. The van der Waals surface area contributed by atoms with E-state index in [1.807, 2.05) is 0 Å². The summed E-state index contributed by atoms with van der Waals surface area (Å²) in [5, 5.41) is 29.5. The van der Waals surface area contributed by atoms with Gasteiger partial charge in [0, 0.05) is 12.6 Å². The molecule has 4 atom stereocenters. The standard InChI is InChI=1S/C12H18N4O5.3H3O4P/c13-4-1-3-12(10(19)9(18)7(6-17)21-12)16-5-2-8(14)15-11(16)20;3*1-5(2,3)4/h1-2,4-5,7,9-10,17-19H,3,6,13H2,(H2,14,15,20);3*(H3,1,2,3,4)/b4-1+;;;/t7-,9-,10-,12-;;;/m1.../s1. The van der Waals surface area contributed by atoms with Crippen LogP contribution in [0, 0.1) is 0 Å². The Bertz CT molecular complexity index is 962. The summed E-state index contributed by atoms with van der Waals surface area (Å²) in [5.74, 6) is 0.0208. The van der Waals surface area contributed by atoms with Crippen molar-refractivity contribution in [1.82, 2.24) is 9.55 Å². The number of hydrogen-bond acceptors (Lipinski definition) is 11. The van der Waals surface area contributed by atoms with Gasteiger partial charge in [-0.3, -0.25) is 4.57 Å². The van der Waals surface area contributed by atoms with Gasteiger partial charge in [-0.25, -0.2) is 18.5 Å². The second-order valence-electron chi connectivity index (χ2n) is 6.30. The zero-order valence-electron chi connectivity index (χ0n) is 17.8. The highest BCUT2D eigenvalue weighted by Gasteiger charge is 2.55. The normalized spacial score (nSPS) is 24.1. The molecule has 212 valence electrons. The average Bonchev–Trinajstić information content (AvgIpc) is 2.88. The number of ether oxygens (including phenoxy) is 1. The first-order chi connectivity index (χ1) is 16.0. The maximum atomic E-state index is 12.0. The predicted octanol–water partition coefficient (Wildman–Crippen LogP) is -5.33. The number of nitrogens with two attached hydrogens (primary N) is 2. The maximum absolute atomic E-state index is 12.0. The molecule has 0 radical (unpaired) electrons. The minimum Gasteiger partial charge on any atom is -0.405 e. The van der Waals surface area contributed by atoms with Crippen LogP contribution < -0.4 is 17.2 Å². The second kappa shape index (κ2) is 15.0. The number of nitrogen functional groups attached to an aromatic ring is 1. The molecule has 1 aliphatic heterocycles. The van der Waals surface area contributed by atoms with Crippen molar-refractivity contribution in [3.63, 3.8) is 0 Å². The molecule has 2 rings (SSSR count).